The minimum absolute atomic E-state index is 0.00994. The number of nitrogen functional groups attached to an aromatic ring is 1. The van der Waals surface area contributed by atoms with E-state index in [1.54, 1.807) is 6.07 Å². The quantitative estimate of drug-likeness (QED) is 0.0261. The smallest absolute Gasteiger partial charge is 0.478 e. The van der Waals surface area contributed by atoms with Crippen LogP contribution >= 0.6 is 23.5 Å². The summed E-state index contributed by atoms with van der Waals surface area (Å²) in [6.45, 7) is 17.9. The molecule has 1 amide bonds. The second kappa shape index (κ2) is 22.9. The van der Waals surface area contributed by atoms with E-state index in [-0.39, 0.29) is 58.4 Å². The van der Waals surface area contributed by atoms with Crippen LogP contribution < -0.4 is 46.7 Å². The number of carbonyl (C=O) groups is 2. The number of likely N-dealkylation sites (N-methyl/N-ethyl adjacent to an activating group) is 2. The number of rotatable bonds is 21. The minimum Gasteiger partial charge on any atom is -0.478 e. The number of aliphatic hydroxyl groups is 2. The van der Waals surface area contributed by atoms with Crippen LogP contribution in [0.5, 0.6) is 11.5 Å². The summed E-state index contributed by atoms with van der Waals surface area (Å²) in [6.07, 6.45) is -0.245. The van der Waals surface area contributed by atoms with Crippen LogP contribution in [0.25, 0.3) is 27.9 Å². The molecule has 83 heavy (non-hydrogen) atoms. The number of carboxylic acids is 1. The molecule has 446 valence electrons. The number of aromatic nitrogens is 4. The van der Waals surface area contributed by atoms with Gasteiger partial charge in [-0.25, -0.2) is 28.0 Å². The number of nitrogens with zero attached hydrogens (tertiary/aromatic N) is 5. The predicted octanol–water partition coefficient (Wildman–Crippen LogP) is 4.85. The Labute approximate surface area is 475 Å². The number of hydrogen-bond acceptors (Lipinski definition) is 18. The summed E-state index contributed by atoms with van der Waals surface area (Å²) in [7, 11) is -17.2. The van der Waals surface area contributed by atoms with Crippen LogP contribution in [0.1, 0.15) is 130 Å². The van der Waals surface area contributed by atoms with Crippen LogP contribution in [0.15, 0.2) is 59.4 Å². The van der Waals surface area contributed by atoms with Crippen molar-refractivity contribution in [2.24, 2.45) is 0 Å². The standard InChI is InChI=1S/C53H66N9O18P3/c1-9-60-36-22-38-34(20-31(36)27(3)24-52(60,5)6)41(35-21-32-28(4)25-53(7,8)61(10-2)37(32)23-39(35)77-38)33-19-29(15-16-30(33)49(67)68)46(65)55-17-13-11-12-14-18-56-51-57-42-45(58-50(54)59-47(42)66)62(51)48-44(64)43(63)40(78-48)26-76-82(72,73)80-83(74,75)79-81(69,70)71/h15-16,19-25,40,43-44,48,63-64H,9-14,17-18,26H2,1-8H3,(H9-,54,55,56,57,58,59,65,66,67,68,69,70,71,72,73,74,75)/p+1/t40-,43-,44-,48-/m1/s1. The molecule has 0 aliphatic carbocycles. The van der Waals surface area contributed by atoms with Crippen molar-refractivity contribution in [3.63, 3.8) is 0 Å². The van der Waals surface area contributed by atoms with Gasteiger partial charge < -0.3 is 65.6 Å². The SMILES string of the molecule is CCN1c2cc3c(cc2C(C)=CC1(C)C)C(c1cc(C(=O)NCCCCCCNc2nc4c(=O)[nH]c(N)nc4n2[C@@H]2O[C@H](COP(=O)(O)OP(=O)(O)OP(=O)(O)O)[C@@H](O)[C@H]2O)ccc1C(=O)O)=c1cc2c(cc1O3)=[N+](CC)C(C)(C)C=C2C. The molecule has 3 aromatic carbocycles. The molecule has 4 aliphatic rings. The maximum atomic E-state index is 14.1. The van der Waals surface area contributed by atoms with E-state index in [1.807, 2.05) is 12.1 Å². The zero-order valence-corrected chi connectivity index (χ0v) is 49.3. The molecule has 0 radical (unpaired) electrons. The number of hydrogen-bond donors (Lipinski definition) is 11. The summed E-state index contributed by atoms with van der Waals surface area (Å²) in [5.41, 5.74) is 11.1. The van der Waals surface area contributed by atoms with Gasteiger partial charge in [0, 0.05) is 78.3 Å². The van der Waals surface area contributed by atoms with Crippen LogP contribution in [0, 0.1) is 0 Å². The van der Waals surface area contributed by atoms with E-state index in [4.69, 9.17) is 25.0 Å². The van der Waals surface area contributed by atoms with Gasteiger partial charge >= 0.3 is 29.4 Å². The molecule has 6 heterocycles. The third-order valence-electron chi connectivity index (χ3n) is 15.0. The fraction of sp³-hybridized carbons (Fsp3) is 0.434. The van der Waals surface area contributed by atoms with Gasteiger partial charge in [0.2, 0.25) is 17.3 Å². The Morgan fingerprint density at radius 3 is 2.22 bits per heavy atom. The first-order chi connectivity index (χ1) is 38.8. The van der Waals surface area contributed by atoms with Crippen molar-refractivity contribution < 1.29 is 80.8 Å². The number of allylic oxidation sites excluding steroid dienone is 2. The molecule has 0 bridgehead atoms. The third kappa shape index (κ3) is 12.4. The molecule has 0 saturated carbocycles. The van der Waals surface area contributed by atoms with Gasteiger partial charge in [0.25, 0.3) is 11.5 Å². The number of aromatic carboxylic acids is 1. The van der Waals surface area contributed by atoms with Gasteiger partial charge in [0.05, 0.1) is 23.8 Å². The van der Waals surface area contributed by atoms with Crippen molar-refractivity contribution >= 4 is 80.8 Å². The van der Waals surface area contributed by atoms with E-state index in [2.05, 4.69) is 128 Å². The van der Waals surface area contributed by atoms with Crippen LogP contribution in [0.3, 0.4) is 0 Å². The summed E-state index contributed by atoms with van der Waals surface area (Å²) in [6, 6.07) is 12.8. The van der Waals surface area contributed by atoms with Crippen molar-refractivity contribution in [3.8, 4) is 11.5 Å². The lowest BCUT2D eigenvalue weighted by Crippen LogP contribution is -2.49. The normalized spacial score (nSPS) is 21.2. The average molecular weight is 1210 g/mol. The summed E-state index contributed by atoms with van der Waals surface area (Å²) < 4.78 is 63.4. The molecule has 2 unspecified atom stereocenters. The van der Waals surface area contributed by atoms with Gasteiger partial charge in [-0.1, -0.05) is 18.9 Å². The van der Waals surface area contributed by atoms with Crippen molar-refractivity contribution in [2.75, 3.05) is 48.7 Å². The number of nitrogens with two attached hydrogens (primary N) is 1. The number of fused-ring (bicyclic) bond motifs is 5. The van der Waals surface area contributed by atoms with Gasteiger partial charge in [0.1, 0.15) is 36.4 Å². The molecule has 27 nitrogen and oxygen atoms in total. The maximum absolute atomic E-state index is 14.1. The van der Waals surface area contributed by atoms with E-state index in [9.17, 15) is 53.2 Å². The number of phosphoric ester groups is 1. The lowest BCUT2D eigenvalue weighted by Gasteiger charge is -2.43. The van der Waals surface area contributed by atoms with Crippen LogP contribution in [-0.4, -0.2) is 128 Å². The number of unbranched alkanes of at least 4 members (excludes halogenated alkanes) is 3. The highest BCUT2D eigenvalue weighted by atomic mass is 31.3. The maximum Gasteiger partial charge on any atom is 0.490 e. The van der Waals surface area contributed by atoms with E-state index in [1.165, 1.54) is 12.1 Å². The molecule has 12 N–H and O–H groups in total. The summed E-state index contributed by atoms with van der Waals surface area (Å²) in [4.78, 5) is 90.4. The summed E-state index contributed by atoms with van der Waals surface area (Å²) in [5.74, 6) is -0.865. The number of ether oxygens (including phenoxy) is 2. The molecule has 6 atom stereocenters. The Morgan fingerprint density at radius 1 is 0.843 bits per heavy atom. The zero-order chi connectivity index (χ0) is 60.5. The highest BCUT2D eigenvalue weighted by Gasteiger charge is 2.48. The van der Waals surface area contributed by atoms with Crippen molar-refractivity contribution in [1.29, 1.82) is 0 Å². The summed E-state index contributed by atoms with van der Waals surface area (Å²) >= 11 is 0. The average Bonchev–Trinajstić information content (AvgIpc) is 1.52. The molecule has 9 rings (SSSR count). The van der Waals surface area contributed by atoms with Gasteiger partial charge in [-0.05, 0) is 108 Å². The Kier molecular flexibility index (Phi) is 16.9. The number of nitrogens with one attached hydrogen (secondary N) is 3. The first-order valence-electron chi connectivity index (χ1n) is 26.7. The molecule has 1 fully saturated rings. The third-order valence-corrected chi connectivity index (χ3v) is 18.8. The van der Waals surface area contributed by atoms with Crippen LogP contribution in [-0.2, 0) is 31.6 Å². The first-order valence-corrected chi connectivity index (χ1v) is 31.2. The van der Waals surface area contributed by atoms with Gasteiger partial charge in [0.15, 0.2) is 22.9 Å². The Morgan fingerprint density at radius 2 is 1.54 bits per heavy atom. The lowest BCUT2D eigenvalue weighted by molar-refractivity contribution is -0.0493. The molecule has 2 aromatic heterocycles. The van der Waals surface area contributed by atoms with Crippen LogP contribution in [0.2, 0.25) is 0 Å². The van der Waals surface area contributed by atoms with Crippen molar-refractivity contribution in [3.05, 3.63) is 109 Å². The topological polar surface area (TPSA) is 393 Å². The number of aliphatic hydroxyl groups excluding tert-OH is 2. The highest BCUT2D eigenvalue weighted by Crippen LogP contribution is 2.66. The molecular formula is C53H67N9O18P3+. The van der Waals surface area contributed by atoms with E-state index < -0.39 is 72.1 Å². The molecule has 0 spiro atoms. The van der Waals surface area contributed by atoms with E-state index in [0.29, 0.717) is 59.1 Å². The zero-order valence-electron chi connectivity index (χ0n) is 46.6. The van der Waals surface area contributed by atoms with Crippen molar-refractivity contribution in [1.82, 2.24) is 29.4 Å². The number of benzene rings is 3. The van der Waals surface area contributed by atoms with Crippen LogP contribution in [0.4, 0.5) is 17.6 Å². The minimum atomic E-state index is -5.87. The first kappa shape index (κ1) is 61.2. The van der Waals surface area contributed by atoms with E-state index >= 15 is 0 Å². The fourth-order valence-electron chi connectivity index (χ4n) is 11.6. The van der Waals surface area contributed by atoms with Crippen molar-refractivity contribution in [2.45, 2.75) is 117 Å². The second-order valence-corrected chi connectivity index (χ2v) is 26.1. The second-order valence-electron chi connectivity index (χ2n) is 21.7. The highest BCUT2D eigenvalue weighted by molar-refractivity contribution is 7.66. The van der Waals surface area contributed by atoms with Gasteiger partial charge in [-0.2, -0.15) is 13.6 Å². The number of H-pyrrole nitrogens is 1. The molecular weight excluding hydrogens is 1140 g/mol. The molecule has 30 heteroatoms. The number of carboxylic acid groups (broad SMARTS) is 1. The summed E-state index contributed by atoms with van der Waals surface area (Å²) in [5, 5.41) is 40.5. The Bertz CT molecular complexity index is 3890. The number of anilines is 3. The Balaban J connectivity index is 0.905. The number of aromatic amines is 1. The molecule has 4 aliphatic heterocycles. The predicted molar refractivity (Wildman–Crippen MR) is 305 cm³/mol. The largest absolute Gasteiger partial charge is 0.490 e. The Hall–Kier alpha value is -6.41. The molecule has 1 saturated heterocycles. The molecule has 5 aromatic rings. The number of carbonyl (C=O) groups excluding carboxylic acids is 1. The fourth-order valence-corrected chi connectivity index (χ4v) is 14.6. The lowest BCUT2D eigenvalue weighted by atomic mass is 9.83. The van der Waals surface area contributed by atoms with Gasteiger partial charge in [-0.3, -0.25) is 23.7 Å². The number of amides is 1. The number of phosphoric acid groups is 3. The van der Waals surface area contributed by atoms with Gasteiger partial charge in [-0.15, -0.1) is 0 Å². The van der Waals surface area contributed by atoms with E-state index in [0.717, 1.165) is 51.0 Å². The number of imidazole rings is 1. The monoisotopic (exact) mass is 1210 g/mol.